The van der Waals surface area contributed by atoms with Crippen LogP contribution >= 0.6 is 0 Å². The summed E-state index contributed by atoms with van der Waals surface area (Å²) in [4.78, 5) is 0. The summed E-state index contributed by atoms with van der Waals surface area (Å²) >= 11 is 0. The van der Waals surface area contributed by atoms with Gasteiger partial charge in [-0.15, -0.1) is 0 Å². The number of benzene rings is 2. The fraction of sp³-hybridized carbons (Fsp3) is 0.455. The van der Waals surface area contributed by atoms with Crippen molar-refractivity contribution < 1.29 is 19.7 Å². The molecule has 2 N–H and O–H groups in total. The SMILES string of the molecule is CC(C(O)COCc1ccccc1)C(C)C(CO)OCc1ccccc1. The van der Waals surface area contributed by atoms with Crippen molar-refractivity contribution in [2.75, 3.05) is 13.2 Å². The van der Waals surface area contributed by atoms with Gasteiger partial charge in [-0.05, 0) is 23.0 Å². The van der Waals surface area contributed by atoms with Crippen LogP contribution < -0.4 is 0 Å². The van der Waals surface area contributed by atoms with Crippen molar-refractivity contribution in [2.45, 2.75) is 39.3 Å². The largest absolute Gasteiger partial charge is 0.394 e. The molecule has 0 amide bonds. The highest BCUT2D eigenvalue weighted by atomic mass is 16.5. The molecule has 0 radical (unpaired) electrons. The van der Waals surface area contributed by atoms with Gasteiger partial charge in [0.2, 0.25) is 0 Å². The van der Waals surface area contributed by atoms with Gasteiger partial charge in [-0.2, -0.15) is 0 Å². The van der Waals surface area contributed by atoms with Crippen LogP contribution in [0.3, 0.4) is 0 Å². The van der Waals surface area contributed by atoms with Gasteiger partial charge in [0, 0.05) is 0 Å². The van der Waals surface area contributed by atoms with E-state index < -0.39 is 6.10 Å². The van der Waals surface area contributed by atoms with E-state index in [9.17, 15) is 10.2 Å². The highest BCUT2D eigenvalue weighted by molar-refractivity contribution is 5.14. The molecule has 4 heteroatoms. The first-order valence-electron chi connectivity index (χ1n) is 9.18. The summed E-state index contributed by atoms with van der Waals surface area (Å²) in [5, 5.41) is 20.1. The Morgan fingerprint density at radius 3 is 1.88 bits per heavy atom. The van der Waals surface area contributed by atoms with Gasteiger partial charge in [-0.1, -0.05) is 74.5 Å². The number of hydrogen-bond acceptors (Lipinski definition) is 4. The molecule has 0 aliphatic rings. The van der Waals surface area contributed by atoms with Crippen molar-refractivity contribution in [3.63, 3.8) is 0 Å². The summed E-state index contributed by atoms with van der Waals surface area (Å²) in [6, 6.07) is 19.8. The zero-order valence-electron chi connectivity index (χ0n) is 15.6. The van der Waals surface area contributed by atoms with Crippen LogP contribution in [0.2, 0.25) is 0 Å². The summed E-state index contributed by atoms with van der Waals surface area (Å²) in [7, 11) is 0. The van der Waals surface area contributed by atoms with Gasteiger partial charge in [0.25, 0.3) is 0 Å². The molecule has 142 valence electrons. The zero-order chi connectivity index (χ0) is 18.8. The van der Waals surface area contributed by atoms with Crippen LogP contribution in [0.15, 0.2) is 60.7 Å². The first-order chi connectivity index (χ1) is 12.6. The number of rotatable bonds is 11. The molecule has 0 saturated carbocycles. The molecule has 2 aromatic rings. The summed E-state index contributed by atoms with van der Waals surface area (Å²) in [6.07, 6.45) is -0.933. The molecule has 26 heavy (non-hydrogen) atoms. The van der Waals surface area contributed by atoms with Gasteiger partial charge in [0.15, 0.2) is 0 Å². The second kappa shape index (κ2) is 11.1. The fourth-order valence-corrected chi connectivity index (χ4v) is 2.86. The first-order valence-corrected chi connectivity index (χ1v) is 9.18. The Morgan fingerprint density at radius 1 is 0.808 bits per heavy atom. The van der Waals surface area contributed by atoms with E-state index in [1.807, 2.05) is 74.5 Å². The fourth-order valence-electron chi connectivity index (χ4n) is 2.86. The Kier molecular flexibility index (Phi) is 8.78. The van der Waals surface area contributed by atoms with Crippen LogP contribution in [0.25, 0.3) is 0 Å². The van der Waals surface area contributed by atoms with Crippen LogP contribution in [-0.4, -0.2) is 35.6 Å². The van der Waals surface area contributed by atoms with Crippen LogP contribution in [0, 0.1) is 11.8 Å². The number of hydrogen-bond donors (Lipinski definition) is 2. The van der Waals surface area contributed by atoms with Gasteiger partial charge >= 0.3 is 0 Å². The Labute approximate surface area is 156 Å². The van der Waals surface area contributed by atoms with Crippen LogP contribution in [0.4, 0.5) is 0 Å². The van der Waals surface area contributed by atoms with E-state index in [-0.39, 0.29) is 31.2 Å². The highest BCUT2D eigenvalue weighted by Gasteiger charge is 2.28. The minimum Gasteiger partial charge on any atom is -0.394 e. The van der Waals surface area contributed by atoms with Crippen molar-refractivity contribution in [3.8, 4) is 0 Å². The zero-order valence-corrected chi connectivity index (χ0v) is 15.6. The standard InChI is InChI=1S/C22H30O4/c1-17(21(24)16-25-14-19-9-5-3-6-10-19)18(2)22(13-23)26-15-20-11-7-4-8-12-20/h3-12,17-18,21-24H,13-16H2,1-2H3. The Hall–Kier alpha value is -1.72. The number of ether oxygens (including phenoxy) is 2. The van der Waals surface area contributed by atoms with E-state index in [2.05, 4.69) is 0 Å². The normalized spacial score (nSPS) is 16.0. The highest BCUT2D eigenvalue weighted by Crippen LogP contribution is 2.22. The Balaban J connectivity index is 1.78. The Morgan fingerprint density at radius 2 is 1.35 bits per heavy atom. The molecule has 0 aliphatic carbocycles. The summed E-state index contributed by atoms with van der Waals surface area (Å²) in [5.74, 6) is -0.0577. The average molecular weight is 358 g/mol. The summed E-state index contributed by atoms with van der Waals surface area (Å²) in [6.45, 7) is 5.08. The van der Waals surface area contributed by atoms with Gasteiger partial charge in [0.05, 0.1) is 38.6 Å². The average Bonchev–Trinajstić information content (AvgIpc) is 2.69. The molecule has 0 fully saturated rings. The molecule has 2 rings (SSSR count). The lowest BCUT2D eigenvalue weighted by molar-refractivity contribution is -0.0732. The third-order valence-electron chi connectivity index (χ3n) is 4.91. The molecular weight excluding hydrogens is 328 g/mol. The van der Waals surface area contributed by atoms with Crippen LogP contribution in [0.5, 0.6) is 0 Å². The molecule has 0 aromatic heterocycles. The minimum atomic E-state index is -0.608. The molecule has 4 unspecified atom stereocenters. The molecular formula is C22H30O4. The molecule has 4 atom stereocenters. The third-order valence-corrected chi connectivity index (χ3v) is 4.91. The van der Waals surface area contributed by atoms with E-state index in [0.717, 1.165) is 11.1 Å². The van der Waals surface area contributed by atoms with Gasteiger partial charge < -0.3 is 19.7 Å². The van der Waals surface area contributed by atoms with Crippen molar-refractivity contribution in [3.05, 3.63) is 71.8 Å². The van der Waals surface area contributed by atoms with E-state index in [4.69, 9.17) is 9.47 Å². The first kappa shape index (κ1) is 20.6. The molecule has 0 heterocycles. The monoisotopic (exact) mass is 358 g/mol. The molecule has 2 aromatic carbocycles. The maximum atomic E-state index is 10.4. The number of aliphatic hydroxyl groups is 2. The molecule has 0 spiro atoms. The van der Waals surface area contributed by atoms with E-state index in [1.54, 1.807) is 0 Å². The van der Waals surface area contributed by atoms with E-state index in [1.165, 1.54) is 0 Å². The lowest BCUT2D eigenvalue weighted by Gasteiger charge is -2.30. The number of aliphatic hydroxyl groups excluding tert-OH is 2. The lowest BCUT2D eigenvalue weighted by Crippen LogP contribution is -2.37. The van der Waals surface area contributed by atoms with Gasteiger partial charge in [-0.3, -0.25) is 0 Å². The second-order valence-electron chi connectivity index (χ2n) is 6.80. The van der Waals surface area contributed by atoms with E-state index in [0.29, 0.717) is 13.2 Å². The smallest absolute Gasteiger partial charge is 0.0839 e. The quantitative estimate of drug-likeness (QED) is 0.646. The molecule has 0 saturated heterocycles. The van der Waals surface area contributed by atoms with Crippen LogP contribution in [0.1, 0.15) is 25.0 Å². The Bertz CT molecular complexity index is 602. The maximum Gasteiger partial charge on any atom is 0.0839 e. The predicted molar refractivity (Wildman–Crippen MR) is 103 cm³/mol. The summed E-state index contributed by atoms with van der Waals surface area (Å²) in [5.41, 5.74) is 2.15. The van der Waals surface area contributed by atoms with E-state index >= 15 is 0 Å². The maximum absolute atomic E-state index is 10.4. The molecule has 0 aliphatic heterocycles. The van der Waals surface area contributed by atoms with Crippen molar-refractivity contribution >= 4 is 0 Å². The van der Waals surface area contributed by atoms with Crippen molar-refractivity contribution in [1.29, 1.82) is 0 Å². The lowest BCUT2D eigenvalue weighted by atomic mass is 9.86. The second-order valence-corrected chi connectivity index (χ2v) is 6.80. The van der Waals surface area contributed by atoms with Crippen LogP contribution in [-0.2, 0) is 22.7 Å². The van der Waals surface area contributed by atoms with Crippen molar-refractivity contribution in [1.82, 2.24) is 0 Å². The predicted octanol–water partition coefficient (Wildman–Crippen LogP) is 3.41. The third kappa shape index (κ3) is 6.54. The molecule has 0 bridgehead atoms. The minimum absolute atomic E-state index is 0.000891. The molecule has 4 nitrogen and oxygen atoms in total. The van der Waals surface area contributed by atoms with Gasteiger partial charge in [-0.25, -0.2) is 0 Å². The van der Waals surface area contributed by atoms with Crippen molar-refractivity contribution in [2.24, 2.45) is 11.8 Å². The van der Waals surface area contributed by atoms with Gasteiger partial charge in [0.1, 0.15) is 0 Å². The topological polar surface area (TPSA) is 58.9 Å². The summed E-state index contributed by atoms with van der Waals surface area (Å²) < 4.78 is 11.5.